The first-order chi connectivity index (χ1) is 14.2. The number of hydrogen-bond acceptors (Lipinski definition) is 2. The number of benzene rings is 2. The Hall–Kier alpha value is -2.88. The lowest BCUT2D eigenvalue weighted by Crippen LogP contribution is -2.38. The molecule has 1 aliphatic heterocycles. The van der Waals surface area contributed by atoms with Gasteiger partial charge in [-0.1, -0.05) is 48.5 Å². The van der Waals surface area contributed by atoms with Crippen molar-refractivity contribution >= 4 is 5.91 Å². The molecule has 2 aromatic carbocycles. The predicted octanol–water partition coefficient (Wildman–Crippen LogP) is 5.08. The molecule has 0 N–H and O–H groups in total. The Bertz CT molecular complexity index is 1010. The highest BCUT2D eigenvalue weighted by Crippen LogP contribution is 2.43. The van der Waals surface area contributed by atoms with Crippen LogP contribution in [0.4, 0.5) is 0 Å². The van der Waals surface area contributed by atoms with Gasteiger partial charge in [-0.05, 0) is 55.7 Å². The van der Waals surface area contributed by atoms with Gasteiger partial charge in [0.1, 0.15) is 0 Å². The molecule has 29 heavy (non-hydrogen) atoms. The molecular weight excluding hydrogens is 358 g/mol. The average Bonchev–Trinajstić information content (AvgIpc) is 3.52. The highest BCUT2D eigenvalue weighted by molar-refractivity contribution is 5.95. The van der Waals surface area contributed by atoms with E-state index in [1.54, 1.807) is 6.20 Å². The normalized spacial score (nSPS) is 17.5. The lowest BCUT2D eigenvalue weighted by atomic mass is 9.89. The molecule has 4 heteroatoms. The Morgan fingerprint density at radius 3 is 2.28 bits per heavy atom. The van der Waals surface area contributed by atoms with E-state index in [4.69, 9.17) is 0 Å². The van der Waals surface area contributed by atoms with E-state index >= 15 is 0 Å². The van der Waals surface area contributed by atoms with Crippen LogP contribution in [0.25, 0.3) is 5.69 Å². The topological polar surface area (TPSA) is 38.1 Å². The van der Waals surface area contributed by atoms with Crippen molar-refractivity contribution in [1.82, 2.24) is 14.7 Å². The first-order valence-electron chi connectivity index (χ1n) is 10.7. The van der Waals surface area contributed by atoms with Crippen LogP contribution < -0.4 is 0 Å². The highest BCUT2D eigenvalue weighted by atomic mass is 16.2. The molecule has 0 spiro atoms. The van der Waals surface area contributed by atoms with Crippen LogP contribution in [0.15, 0.2) is 60.8 Å². The van der Waals surface area contributed by atoms with E-state index in [9.17, 15) is 4.79 Å². The number of carbonyl (C=O) groups is 1. The molecule has 5 rings (SSSR count). The molecule has 148 valence electrons. The van der Waals surface area contributed by atoms with E-state index in [2.05, 4.69) is 54.5 Å². The average molecular weight is 386 g/mol. The van der Waals surface area contributed by atoms with Crippen LogP contribution in [0.2, 0.25) is 0 Å². The maximum atomic E-state index is 13.4. The van der Waals surface area contributed by atoms with Crippen LogP contribution in [0, 0.1) is 6.92 Å². The van der Waals surface area contributed by atoms with Gasteiger partial charge in [-0.2, -0.15) is 5.10 Å². The number of likely N-dealkylation sites (tertiary alicyclic amines) is 1. The molecule has 1 saturated heterocycles. The molecule has 0 radical (unpaired) electrons. The van der Waals surface area contributed by atoms with Gasteiger partial charge in [-0.25, -0.2) is 4.68 Å². The molecule has 3 aromatic rings. The van der Waals surface area contributed by atoms with Crippen LogP contribution in [-0.2, 0) is 0 Å². The van der Waals surface area contributed by atoms with Gasteiger partial charge in [0.2, 0.25) is 0 Å². The van der Waals surface area contributed by atoms with E-state index < -0.39 is 0 Å². The Balaban J connectivity index is 1.38. The molecule has 1 saturated carbocycles. The van der Waals surface area contributed by atoms with E-state index in [0.29, 0.717) is 11.8 Å². The van der Waals surface area contributed by atoms with Crippen LogP contribution in [-0.4, -0.2) is 33.7 Å². The third-order valence-corrected chi connectivity index (χ3v) is 6.40. The quantitative estimate of drug-likeness (QED) is 0.628. The second kappa shape index (κ2) is 7.51. The van der Waals surface area contributed by atoms with E-state index in [-0.39, 0.29) is 5.91 Å². The maximum absolute atomic E-state index is 13.4. The summed E-state index contributed by atoms with van der Waals surface area (Å²) in [7, 11) is 0. The standard InChI is InChI=1S/C25H27N3O/c1-18-7-5-6-10-23(18)28-24(21-11-12-21)22(17-26-28)25(29)27-15-13-20(14-16-27)19-8-3-2-4-9-19/h2-10,17,20-21H,11-16H2,1H3. The van der Waals surface area contributed by atoms with Crippen molar-refractivity contribution in [3.63, 3.8) is 0 Å². The van der Waals surface area contributed by atoms with Crippen LogP contribution in [0.1, 0.15) is 64.7 Å². The Kier molecular flexibility index (Phi) is 4.70. The molecule has 2 aliphatic rings. The number of aromatic nitrogens is 2. The third-order valence-electron chi connectivity index (χ3n) is 6.40. The van der Waals surface area contributed by atoms with Crippen molar-refractivity contribution in [2.75, 3.05) is 13.1 Å². The third kappa shape index (κ3) is 3.48. The minimum Gasteiger partial charge on any atom is -0.338 e. The number of para-hydroxylation sites is 1. The molecule has 1 amide bonds. The van der Waals surface area contributed by atoms with Crippen LogP contribution in [0.5, 0.6) is 0 Å². The zero-order chi connectivity index (χ0) is 19.8. The fraction of sp³-hybridized carbons (Fsp3) is 0.360. The van der Waals surface area contributed by atoms with Gasteiger partial charge < -0.3 is 4.90 Å². The zero-order valence-corrected chi connectivity index (χ0v) is 16.9. The Morgan fingerprint density at radius 2 is 1.59 bits per heavy atom. The summed E-state index contributed by atoms with van der Waals surface area (Å²) in [6, 6.07) is 19.0. The smallest absolute Gasteiger partial charge is 0.257 e. The Labute approximate surface area is 172 Å². The van der Waals surface area contributed by atoms with Gasteiger partial charge in [0.25, 0.3) is 5.91 Å². The summed E-state index contributed by atoms with van der Waals surface area (Å²) >= 11 is 0. The molecule has 0 bridgehead atoms. The number of aryl methyl sites for hydroxylation is 1. The van der Waals surface area contributed by atoms with Gasteiger partial charge in [0.05, 0.1) is 23.1 Å². The summed E-state index contributed by atoms with van der Waals surface area (Å²) in [5.74, 6) is 1.16. The van der Waals surface area contributed by atoms with Crippen molar-refractivity contribution in [3.8, 4) is 5.69 Å². The summed E-state index contributed by atoms with van der Waals surface area (Å²) in [6.07, 6.45) is 6.15. The predicted molar refractivity (Wildman–Crippen MR) is 115 cm³/mol. The van der Waals surface area contributed by atoms with Crippen LogP contribution in [0.3, 0.4) is 0 Å². The first kappa shape index (κ1) is 18.2. The number of amides is 1. The van der Waals surface area contributed by atoms with Gasteiger partial charge in [-0.15, -0.1) is 0 Å². The monoisotopic (exact) mass is 385 g/mol. The molecule has 1 aromatic heterocycles. The number of piperidine rings is 1. The minimum atomic E-state index is 0.151. The van der Waals surface area contributed by atoms with E-state index in [1.807, 2.05) is 21.7 Å². The summed E-state index contributed by atoms with van der Waals surface area (Å²) in [5.41, 5.74) is 5.56. The van der Waals surface area contributed by atoms with E-state index in [0.717, 1.165) is 55.7 Å². The van der Waals surface area contributed by atoms with Crippen molar-refractivity contribution in [2.24, 2.45) is 0 Å². The van der Waals surface area contributed by atoms with Gasteiger partial charge in [0, 0.05) is 19.0 Å². The largest absolute Gasteiger partial charge is 0.338 e. The molecule has 0 unspecified atom stereocenters. The van der Waals surface area contributed by atoms with Crippen molar-refractivity contribution in [3.05, 3.63) is 83.2 Å². The Morgan fingerprint density at radius 1 is 0.897 bits per heavy atom. The maximum Gasteiger partial charge on any atom is 0.257 e. The summed E-state index contributed by atoms with van der Waals surface area (Å²) in [4.78, 5) is 15.4. The summed E-state index contributed by atoms with van der Waals surface area (Å²) in [5, 5.41) is 4.66. The fourth-order valence-electron chi connectivity index (χ4n) is 4.58. The lowest BCUT2D eigenvalue weighted by Gasteiger charge is -2.32. The van der Waals surface area contributed by atoms with Gasteiger partial charge in [0.15, 0.2) is 0 Å². The van der Waals surface area contributed by atoms with Crippen molar-refractivity contribution < 1.29 is 4.79 Å². The number of carbonyl (C=O) groups excluding carboxylic acids is 1. The highest BCUT2D eigenvalue weighted by Gasteiger charge is 2.35. The molecule has 0 atom stereocenters. The second-order valence-electron chi connectivity index (χ2n) is 8.39. The van der Waals surface area contributed by atoms with E-state index in [1.165, 1.54) is 11.1 Å². The lowest BCUT2D eigenvalue weighted by molar-refractivity contribution is 0.0711. The molecule has 2 heterocycles. The molecule has 1 aliphatic carbocycles. The second-order valence-corrected chi connectivity index (χ2v) is 8.39. The van der Waals surface area contributed by atoms with Crippen molar-refractivity contribution in [2.45, 2.75) is 44.4 Å². The van der Waals surface area contributed by atoms with Crippen LogP contribution >= 0.6 is 0 Å². The minimum absolute atomic E-state index is 0.151. The van der Waals surface area contributed by atoms with Crippen molar-refractivity contribution in [1.29, 1.82) is 0 Å². The SMILES string of the molecule is Cc1ccccc1-n1ncc(C(=O)N2CCC(c3ccccc3)CC2)c1C1CC1. The first-order valence-corrected chi connectivity index (χ1v) is 10.7. The number of nitrogens with zero attached hydrogens (tertiary/aromatic N) is 3. The summed E-state index contributed by atoms with van der Waals surface area (Å²) < 4.78 is 2.01. The molecule has 4 nitrogen and oxygen atoms in total. The fourth-order valence-corrected chi connectivity index (χ4v) is 4.58. The van der Waals surface area contributed by atoms with Gasteiger partial charge >= 0.3 is 0 Å². The summed E-state index contributed by atoms with van der Waals surface area (Å²) in [6.45, 7) is 3.74. The number of rotatable bonds is 4. The molecule has 2 fully saturated rings. The number of hydrogen-bond donors (Lipinski definition) is 0. The van der Waals surface area contributed by atoms with Gasteiger partial charge in [-0.3, -0.25) is 4.79 Å². The zero-order valence-electron chi connectivity index (χ0n) is 16.9. The molecular formula is C25H27N3O.